The number of hydrogen-bond donors (Lipinski definition) is 0. The Bertz CT molecular complexity index is 273. The van der Waals surface area contributed by atoms with Gasteiger partial charge in [0.15, 0.2) is 0 Å². The summed E-state index contributed by atoms with van der Waals surface area (Å²) in [7, 11) is 0. The maximum atomic E-state index is 2.28. The molecule has 0 N–H and O–H groups in total. The van der Waals surface area contributed by atoms with Crippen LogP contribution in [0.15, 0.2) is 18.2 Å². The van der Waals surface area contributed by atoms with E-state index in [0.717, 1.165) is 0 Å². The molecular weight excluding hydrogens is 180 g/mol. The Labute approximate surface area is 94.7 Å². The van der Waals surface area contributed by atoms with Crippen molar-refractivity contribution in [2.45, 2.75) is 53.4 Å². The number of hydrogen-bond acceptors (Lipinski definition) is 0. The Morgan fingerprint density at radius 2 is 1.40 bits per heavy atom. The molecule has 0 saturated heterocycles. The van der Waals surface area contributed by atoms with Gasteiger partial charge in [0.05, 0.1) is 0 Å². The first-order valence-electron chi connectivity index (χ1n) is 6.12. The normalized spacial score (nSPS) is 11.0. The molecular formula is C15H23. The summed E-state index contributed by atoms with van der Waals surface area (Å²) in [6.07, 6.45) is 4.88. The molecule has 83 valence electrons. The molecule has 0 aliphatic rings. The standard InChI is InChI=1S/C15H23/c1-5-8-13-10-7-11-14(9-6-2)15(13)12(3)4/h7,10-11H,5-6,8-9H2,1-4H3. The molecule has 0 atom stereocenters. The molecule has 1 rings (SSSR count). The van der Waals surface area contributed by atoms with Gasteiger partial charge in [-0.2, -0.15) is 0 Å². The summed E-state index contributed by atoms with van der Waals surface area (Å²) in [6.45, 7) is 8.96. The Balaban J connectivity index is 3.09. The van der Waals surface area contributed by atoms with Gasteiger partial charge in [-0.15, -0.1) is 0 Å². The molecule has 0 aliphatic carbocycles. The van der Waals surface area contributed by atoms with Crippen molar-refractivity contribution in [3.63, 3.8) is 0 Å². The predicted molar refractivity (Wildman–Crippen MR) is 68.1 cm³/mol. The number of aryl methyl sites for hydroxylation is 2. The molecule has 0 bridgehead atoms. The van der Waals surface area contributed by atoms with E-state index in [1.807, 2.05) is 0 Å². The van der Waals surface area contributed by atoms with Crippen molar-refractivity contribution in [2.75, 3.05) is 0 Å². The third-order valence-corrected chi connectivity index (χ3v) is 2.78. The summed E-state index contributed by atoms with van der Waals surface area (Å²) in [5, 5.41) is 0. The lowest BCUT2D eigenvalue weighted by atomic mass is 9.88. The Morgan fingerprint density at radius 3 is 1.73 bits per heavy atom. The lowest BCUT2D eigenvalue weighted by molar-refractivity contribution is 0.868. The zero-order chi connectivity index (χ0) is 11.3. The summed E-state index contributed by atoms with van der Waals surface area (Å²) >= 11 is 0. The molecule has 1 aromatic carbocycles. The van der Waals surface area contributed by atoms with Crippen LogP contribution in [0.3, 0.4) is 0 Å². The molecule has 1 aromatic rings. The fourth-order valence-electron chi connectivity index (χ4n) is 2.25. The molecule has 0 unspecified atom stereocenters. The zero-order valence-electron chi connectivity index (χ0n) is 10.6. The second-order valence-corrected chi connectivity index (χ2v) is 4.45. The lowest BCUT2D eigenvalue weighted by Gasteiger charge is -2.17. The predicted octanol–water partition coefficient (Wildman–Crippen LogP) is 4.55. The minimum Gasteiger partial charge on any atom is -0.0651 e. The highest BCUT2D eigenvalue weighted by atomic mass is 14.1. The molecule has 0 spiro atoms. The quantitative estimate of drug-likeness (QED) is 0.658. The van der Waals surface area contributed by atoms with Crippen LogP contribution in [0.1, 0.15) is 57.2 Å². The minimum atomic E-state index is 1.21. The molecule has 0 aliphatic heterocycles. The summed E-state index contributed by atoms with van der Waals surface area (Å²) in [4.78, 5) is 0. The van der Waals surface area contributed by atoms with Gasteiger partial charge in [0.25, 0.3) is 0 Å². The van der Waals surface area contributed by atoms with Crippen LogP contribution < -0.4 is 0 Å². The average Bonchev–Trinajstić information content (AvgIpc) is 2.18. The highest BCUT2D eigenvalue weighted by Gasteiger charge is 2.10. The van der Waals surface area contributed by atoms with Crippen LogP contribution in [0, 0.1) is 5.92 Å². The van der Waals surface area contributed by atoms with Crippen molar-refractivity contribution < 1.29 is 0 Å². The van der Waals surface area contributed by atoms with Gasteiger partial charge in [-0.25, -0.2) is 0 Å². The summed E-state index contributed by atoms with van der Waals surface area (Å²) in [6, 6.07) is 6.78. The lowest BCUT2D eigenvalue weighted by Crippen LogP contribution is -2.02. The molecule has 0 aromatic heterocycles. The van der Waals surface area contributed by atoms with E-state index in [2.05, 4.69) is 45.9 Å². The van der Waals surface area contributed by atoms with Crippen LogP contribution in [0.4, 0.5) is 0 Å². The number of rotatable bonds is 5. The van der Waals surface area contributed by atoms with Gasteiger partial charge in [-0.05, 0) is 35.4 Å². The van der Waals surface area contributed by atoms with Crippen molar-refractivity contribution in [1.29, 1.82) is 0 Å². The smallest absolute Gasteiger partial charge is 0.000639 e. The van der Waals surface area contributed by atoms with Gasteiger partial charge in [0.2, 0.25) is 0 Å². The van der Waals surface area contributed by atoms with E-state index in [1.54, 1.807) is 0 Å². The molecule has 0 fully saturated rings. The van der Waals surface area contributed by atoms with Crippen LogP contribution in [0.5, 0.6) is 0 Å². The van der Waals surface area contributed by atoms with Crippen LogP contribution >= 0.6 is 0 Å². The highest BCUT2D eigenvalue weighted by Crippen LogP contribution is 2.25. The third-order valence-electron chi connectivity index (χ3n) is 2.78. The van der Waals surface area contributed by atoms with E-state index >= 15 is 0 Å². The average molecular weight is 203 g/mol. The van der Waals surface area contributed by atoms with Gasteiger partial charge >= 0.3 is 0 Å². The van der Waals surface area contributed by atoms with Crippen LogP contribution in [-0.2, 0) is 12.8 Å². The summed E-state index contributed by atoms with van der Waals surface area (Å²) < 4.78 is 0. The monoisotopic (exact) mass is 203 g/mol. The zero-order valence-corrected chi connectivity index (χ0v) is 10.6. The largest absolute Gasteiger partial charge is 0.0651 e. The SMILES string of the molecule is CCCc1cccc(CCC)c1[C](C)C. The second-order valence-electron chi connectivity index (χ2n) is 4.45. The van der Waals surface area contributed by atoms with E-state index in [0.29, 0.717) is 0 Å². The Hall–Kier alpha value is -0.780. The van der Waals surface area contributed by atoms with E-state index in [1.165, 1.54) is 48.3 Å². The van der Waals surface area contributed by atoms with Crippen LogP contribution in [-0.4, -0.2) is 0 Å². The van der Waals surface area contributed by atoms with Gasteiger partial charge in [-0.1, -0.05) is 58.7 Å². The Kier molecular flexibility index (Phi) is 4.87. The van der Waals surface area contributed by atoms with Gasteiger partial charge in [0.1, 0.15) is 0 Å². The minimum absolute atomic E-state index is 1.21. The van der Waals surface area contributed by atoms with E-state index in [-0.39, 0.29) is 0 Å². The molecule has 0 heteroatoms. The second kappa shape index (κ2) is 5.95. The van der Waals surface area contributed by atoms with Gasteiger partial charge in [-0.3, -0.25) is 0 Å². The maximum absolute atomic E-state index is 2.28. The Morgan fingerprint density at radius 1 is 0.933 bits per heavy atom. The van der Waals surface area contributed by atoms with Crippen molar-refractivity contribution in [3.8, 4) is 0 Å². The topological polar surface area (TPSA) is 0 Å². The molecule has 0 saturated carbocycles. The molecule has 15 heavy (non-hydrogen) atoms. The van der Waals surface area contributed by atoms with Gasteiger partial charge in [0, 0.05) is 0 Å². The van der Waals surface area contributed by atoms with E-state index in [4.69, 9.17) is 0 Å². The molecule has 0 nitrogen and oxygen atoms in total. The summed E-state index contributed by atoms with van der Waals surface area (Å²) in [5.74, 6) is 1.46. The first-order chi connectivity index (χ1) is 7.20. The maximum Gasteiger partial charge on any atom is -0.000639 e. The van der Waals surface area contributed by atoms with E-state index < -0.39 is 0 Å². The summed E-state index contributed by atoms with van der Waals surface area (Å²) in [5.41, 5.74) is 4.59. The fourth-order valence-corrected chi connectivity index (χ4v) is 2.25. The van der Waals surface area contributed by atoms with Crippen molar-refractivity contribution in [3.05, 3.63) is 40.8 Å². The molecule has 1 radical (unpaired) electrons. The van der Waals surface area contributed by atoms with Gasteiger partial charge < -0.3 is 0 Å². The van der Waals surface area contributed by atoms with Crippen molar-refractivity contribution in [1.82, 2.24) is 0 Å². The molecule has 0 heterocycles. The van der Waals surface area contributed by atoms with E-state index in [9.17, 15) is 0 Å². The fraction of sp³-hybridized carbons (Fsp3) is 0.533. The molecule has 0 amide bonds. The van der Waals surface area contributed by atoms with Crippen LogP contribution in [0.2, 0.25) is 0 Å². The van der Waals surface area contributed by atoms with Crippen molar-refractivity contribution >= 4 is 0 Å². The van der Waals surface area contributed by atoms with Crippen LogP contribution in [0.25, 0.3) is 0 Å². The third kappa shape index (κ3) is 3.09. The highest BCUT2D eigenvalue weighted by molar-refractivity contribution is 5.43. The van der Waals surface area contributed by atoms with Crippen molar-refractivity contribution in [2.24, 2.45) is 0 Å². The number of benzene rings is 1. The first-order valence-corrected chi connectivity index (χ1v) is 6.12. The first kappa shape index (κ1) is 12.3.